The summed E-state index contributed by atoms with van der Waals surface area (Å²) in [5.41, 5.74) is 5.17. The van der Waals surface area contributed by atoms with Crippen molar-refractivity contribution in [3.05, 3.63) is 0 Å². The Kier molecular flexibility index (Phi) is 7.42. The van der Waals surface area contributed by atoms with Crippen LogP contribution in [0.2, 0.25) is 0 Å². The van der Waals surface area contributed by atoms with Crippen LogP contribution < -0.4 is 21.7 Å². The normalized spacial score (nSPS) is 26.6. The van der Waals surface area contributed by atoms with Crippen LogP contribution >= 0.6 is 12.4 Å². The van der Waals surface area contributed by atoms with Gasteiger partial charge in [-0.15, -0.1) is 12.4 Å². The second kappa shape index (κ2) is 8.58. The number of carbonyl (C=O) groups is 2. The van der Waals surface area contributed by atoms with Gasteiger partial charge in [0.2, 0.25) is 5.91 Å². The van der Waals surface area contributed by atoms with Crippen LogP contribution in [0.1, 0.15) is 58.3 Å². The number of nitrogens with two attached hydrogens (primary N) is 1. The van der Waals surface area contributed by atoms with Gasteiger partial charge in [0.05, 0.1) is 0 Å². The second-order valence-corrected chi connectivity index (χ2v) is 6.36. The summed E-state index contributed by atoms with van der Waals surface area (Å²) in [6.07, 6.45) is 7.20. The third-order valence-electron chi connectivity index (χ3n) is 4.69. The van der Waals surface area contributed by atoms with E-state index in [2.05, 4.69) is 16.0 Å². The Morgan fingerprint density at radius 2 is 1.73 bits per heavy atom. The van der Waals surface area contributed by atoms with Crippen LogP contribution in [0, 0.1) is 0 Å². The van der Waals surface area contributed by atoms with E-state index in [1.165, 1.54) is 0 Å². The van der Waals surface area contributed by atoms with E-state index >= 15 is 0 Å². The van der Waals surface area contributed by atoms with Crippen molar-refractivity contribution in [1.82, 2.24) is 16.0 Å². The number of hydrogen-bond acceptors (Lipinski definition) is 3. The lowest BCUT2D eigenvalue weighted by atomic mass is 9.90. The average molecular weight is 333 g/mol. The first-order valence-corrected chi connectivity index (χ1v) is 8.18. The van der Waals surface area contributed by atoms with Crippen LogP contribution in [0.4, 0.5) is 4.79 Å². The molecule has 0 aliphatic heterocycles. The molecule has 7 heteroatoms. The summed E-state index contributed by atoms with van der Waals surface area (Å²) >= 11 is 0. The highest BCUT2D eigenvalue weighted by atomic mass is 35.5. The van der Waals surface area contributed by atoms with Gasteiger partial charge in [-0.3, -0.25) is 4.79 Å². The molecule has 0 spiro atoms. The molecule has 0 aromatic heterocycles. The van der Waals surface area contributed by atoms with Crippen molar-refractivity contribution in [2.24, 2.45) is 5.73 Å². The lowest BCUT2D eigenvalue weighted by molar-refractivity contribution is -0.128. The van der Waals surface area contributed by atoms with Gasteiger partial charge in [0.15, 0.2) is 0 Å². The first-order chi connectivity index (χ1) is 10.1. The highest BCUT2D eigenvalue weighted by molar-refractivity contribution is 5.91. The molecule has 0 unspecified atom stereocenters. The standard InChI is InChI=1S/C15H28N4O2.ClH/c1-2-17-14(21)19-15(9-3-4-10-15)13(20)18-12-7-5-11(16)6-8-12;/h11-12H,2-10,16H2,1H3,(H,18,20)(H2,17,19,21);1H. The molecule has 0 atom stereocenters. The minimum Gasteiger partial charge on any atom is -0.351 e. The van der Waals surface area contributed by atoms with Crippen LogP contribution in [0.3, 0.4) is 0 Å². The predicted octanol–water partition coefficient (Wildman–Crippen LogP) is 1.43. The molecule has 5 N–H and O–H groups in total. The van der Waals surface area contributed by atoms with Crippen LogP contribution in [0.25, 0.3) is 0 Å². The third-order valence-corrected chi connectivity index (χ3v) is 4.69. The molecular formula is C15H29ClN4O2. The van der Waals surface area contributed by atoms with E-state index < -0.39 is 5.54 Å². The van der Waals surface area contributed by atoms with Crippen molar-refractivity contribution in [3.63, 3.8) is 0 Å². The zero-order valence-electron chi connectivity index (χ0n) is 13.3. The van der Waals surface area contributed by atoms with Gasteiger partial charge < -0.3 is 21.7 Å². The molecule has 0 heterocycles. The van der Waals surface area contributed by atoms with Crippen LogP contribution in [-0.2, 0) is 4.79 Å². The smallest absolute Gasteiger partial charge is 0.315 e. The molecule has 0 aromatic carbocycles. The predicted molar refractivity (Wildman–Crippen MR) is 89.0 cm³/mol. The lowest BCUT2D eigenvalue weighted by Gasteiger charge is -2.33. The molecule has 6 nitrogen and oxygen atoms in total. The lowest BCUT2D eigenvalue weighted by Crippen LogP contribution is -2.60. The summed E-state index contributed by atoms with van der Waals surface area (Å²) in [4.78, 5) is 24.5. The first kappa shape index (κ1) is 19.0. The molecule has 2 aliphatic carbocycles. The molecule has 0 bridgehead atoms. The molecule has 2 rings (SSSR count). The Bertz CT molecular complexity index is 378. The highest BCUT2D eigenvalue weighted by Crippen LogP contribution is 2.30. The van der Waals surface area contributed by atoms with E-state index in [1.807, 2.05) is 6.92 Å². The monoisotopic (exact) mass is 332 g/mol. The van der Waals surface area contributed by atoms with Crippen LogP contribution in [0.5, 0.6) is 0 Å². The molecule has 22 heavy (non-hydrogen) atoms. The average Bonchev–Trinajstić information content (AvgIpc) is 2.91. The van der Waals surface area contributed by atoms with Gasteiger partial charge in [-0.05, 0) is 45.4 Å². The van der Waals surface area contributed by atoms with Gasteiger partial charge in [0, 0.05) is 18.6 Å². The molecular weight excluding hydrogens is 304 g/mol. The summed E-state index contributed by atoms with van der Waals surface area (Å²) in [6.45, 7) is 2.43. The first-order valence-electron chi connectivity index (χ1n) is 8.18. The zero-order chi connectivity index (χ0) is 15.3. The SMILES string of the molecule is CCNC(=O)NC1(C(=O)NC2CCC(N)CC2)CCCC1.Cl. The number of rotatable bonds is 4. The molecule has 0 radical (unpaired) electrons. The van der Waals surface area contributed by atoms with Crippen LogP contribution in [0.15, 0.2) is 0 Å². The van der Waals surface area contributed by atoms with Crippen molar-refractivity contribution in [2.45, 2.75) is 75.9 Å². The molecule has 0 saturated heterocycles. The van der Waals surface area contributed by atoms with Gasteiger partial charge in [0.25, 0.3) is 0 Å². The topological polar surface area (TPSA) is 96.2 Å². The minimum absolute atomic E-state index is 0. The third kappa shape index (κ3) is 4.74. The maximum atomic E-state index is 12.7. The fraction of sp³-hybridized carbons (Fsp3) is 0.867. The largest absolute Gasteiger partial charge is 0.351 e. The molecule has 2 fully saturated rings. The van der Waals surface area contributed by atoms with Crippen molar-refractivity contribution < 1.29 is 9.59 Å². The summed E-state index contributed by atoms with van der Waals surface area (Å²) in [6, 6.07) is 0.220. The number of halogens is 1. The zero-order valence-corrected chi connectivity index (χ0v) is 14.1. The van der Waals surface area contributed by atoms with Gasteiger partial charge in [-0.25, -0.2) is 4.79 Å². The maximum Gasteiger partial charge on any atom is 0.315 e. The fourth-order valence-corrected chi connectivity index (χ4v) is 3.40. The van der Waals surface area contributed by atoms with E-state index in [-0.39, 0.29) is 36.4 Å². The number of nitrogens with one attached hydrogen (secondary N) is 3. The van der Waals surface area contributed by atoms with Gasteiger partial charge in [-0.2, -0.15) is 0 Å². The number of amides is 3. The summed E-state index contributed by atoms with van der Waals surface area (Å²) in [5, 5.41) is 8.75. The Balaban J connectivity index is 0.00000242. The molecule has 3 amide bonds. The van der Waals surface area contributed by atoms with E-state index in [0.717, 1.165) is 51.4 Å². The van der Waals surface area contributed by atoms with Crippen molar-refractivity contribution >= 4 is 24.3 Å². The van der Waals surface area contributed by atoms with E-state index in [9.17, 15) is 9.59 Å². The van der Waals surface area contributed by atoms with Crippen LogP contribution in [-0.4, -0.2) is 36.1 Å². The second-order valence-electron chi connectivity index (χ2n) is 6.36. The molecule has 2 saturated carbocycles. The van der Waals surface area contributed by atoms with E-state index in [0.29, 0.717) is 6.54 Å². The van der Waals surface area contributed by atoms with Crippen molar-refractivity contribution in [2.75, 3.05) is 6.54 Å². The van der Waals surface area contributed by atoms with E-state index in [4.69, 9.17) is 5.73 Å². The molecule has 2 aliphatic rings. The molecule has 0 aromatic rings. The summed E-state index contributed by atoms with van der Waals surface area (Å²) < 4.78 is 0. The van der Waals surface area contributed by atoms with Crippen molar-refractivity contribution in [1.29, 1.82) is 0 Å². The Morgan fingerprint density at radius 3 is 2.27 bits per heavy atom. The summed E-state index contributed by atoms with van der Waals surface area (Å²) in [5.74, 6) is -0.0216. The Labute approximate surface area is 138 Å². The van der Waals surface area contributed by atoms with Gasteiger partial charge in [-0.1, -0.05) is 12.8 Å². The van der Waals surface area contributed by atoms with Gasteiger partial charge in [0.1, 0.15) is 5.54 Å². The summed E-state index contributed by atoms with van der Waals surface area (Å²) in [7, 11) is 0. The number of carbonyl (C=O) groups excluding carboxylic acids is 2. The quantitative estimate of drug-likeness (QED) is 0.627. The maximum absolute atomic E-state index is 12.7. The van der Waals surface area contributed by atoms with E-state index in [1.54, 1.807) is 0 Å². The number of hydrogen-bond donors (Lipinski definition) is 4. The van der Waals surface area contributed by atoms with Gasteiger partial charge >= 0.3 is 6.03 Å². The minimum atomic E-state index is -0.723. The molecule has 128 valence electrons. The Morgan fingerprint density at radius 1 is 1.14 bits per heavy atom. The highest BCUT2D eigenvalue weighted by Gasteiger charge is 2.43. The van der Waals surface area contributed by atoms with Crippen molar-refractivity contribution in [3.8, 4) is 0 Å². The number of urea groups is 1. The Hall–Kier alpha value is -1.01. The fourth-order valence-electron chi connectivity index (χ4n) is 3.40.